The van der Waals surface area contributed by atoms with E-state index < -0.39 is 0 Å². The van der Waals surface area contributed by atoms with Crippen molar-refractivity contribution in [3.8, 4) is 0 Å². The van der Waals surface area contributed by atoms with E-state index in [9.17, 15) is 4.79 Å². The van der Waals surface area contributed by atoms with Gasteiger partial charge in [-0.15, -0.1) is 0 Å². The van der Waals surface area contributed by atoms with Gasteiger partial charge in [-0.25, -0.2) is 0 Å². The van der Waals surface area contributed by atoms with Gasteiger partial charge < -0.3 is 0 Å². The van der Waals surface area contributed by atoms with Crippen LogP contribution in [-0.4, -0.2) is 5.78 Å². The predicted molar refractivity (Wildman–Crippen MR) is 118 cm³/mol. The van der Waals surface area contributed by atoms with Crippen LogP contribution in [0.5, 0.6) is 0 Å². The third kappa shape index (κ3) is 2.96. The molecule has 0 heterocycles. The van der Waals surface area contributed by atoms with Crippen LogP contribution in [0.1, 0.15) is 107 Å². The first-order valence-electron chi connectivity index (χ1n) is 12.3. The van der Waals surface area contributed by atoms with Crippen molar-refractivity contribution in [1.29, 1.82) is 0 Å². The second kappa shape index (κ2) is 6.34. The van der Waals surface area contributed by atoms with Crippen LogP contribution >= 0.6 is 0 Å². The SMILES string of the molecule is CCC1(CC(=O)C(C)(CC(C)(C)C)C(C)(C)C)CC2CC1C1C3CCC(C3)C21. The van der Waals surface area contributed by atoms with Crippen LogP contribution in [0.25, 0.3) is 0 Å². The molecule has 4 aliphatic carbocycles. The predicted octanol–water partition coefficient (Wildman–Crippen LogP) is 7.53. The lowest BCUT2D eigenvalue weighted by molar-refractivity contribution is -0.141. The molecule has 0 spiro atoms. The fourth-order valence-corrected chi connectivity index (χ4v) is 8.96. The number of fused-ring (bicyclic) bond motifs is 9. The molecule has 4 fully saturated rings. The summed E-state index contributed by atoms with van der Waals surface area (Å²) < 4.78 is 0. The Morgan fingerprint density at radius 3 is 2.04 bits per heavy atom. The quantitative estimate of drug-likeness (QED) is 0.446. The van der Waals surface area contributed by atoms with Crippen molar-refractivity contribution >= 4 is 5.78 Å². The highest BCUT2D eigenvalue weighted by Gasteiger charge is 2.66. The summed E-state index contributed by atoms with van der Waals surface area (Å²) in [6, 6.07) is 0. The van der Waals surface area contributed by atoms with Crippen molar-refractivity contribution in [3.05, 3.63) is 0 Å². The Balaban J connectivity index is 1.59. The summed E-state index contributed by atoms with van der Waals surface area (Å²) in [7, 11) is 0. The molecule has 1 nitrogen and oxygen atoms in total. The van der Waals surface area contributed by atoms with Crippen molar-refractivity contribution in [2.45, 2.75) is 107 Å². The van der Waals surface area contributed by atoms with Gasteiger partial charge in [0.1, 0.15) is 5.78 Å². The first-order chi connectivity index (χ1) is 12.8. The molecular formula is C27H46O. The zero-order chi connectivity index (χ0) is 20.7. The van der Waals surface area contributed by atoms with Gasteiger partial charge in [0.2, 0.25) is 0 Å². The van der Waals surface area contributed by atoms with Gasteiger partial charge >= 0.3 is 0 Å². The monoisotopic (exact) mass is 386 g/mol. The fourth-order valence-electron chi connectivity index (χ4n) is 8.96. The van der Waals surface area contributed by atoms with Crippen molar-refractivity contribution in [2.75, 3.05) is 0 Å². The Morgan fingerprint density at radius 2 is 1.50 bits per heavy atom. The van der Waals surface area contributed by atoms with Crippen molar-refractivity contribution < 1.29 is 4.79 Å². The van der Waals surface area contributed by atoms with Crippen LogP contribution in [0.15, 0.2) is 0 Å². The Kier molecular flexibility index (Phi) is 4.73. The van der Waals surface area contributed by atoms with Gasteiger partial charge in [-0.1, -0.05) is 55.4 Å². The zero-order valence-corrected chi connectivity index (χ0v) is 20.0. The molecule has 1 heteroatoms. The largest absolute Gasteiger partial charge is 0.299 e. The highest BCUT2D eigenvalue weighted by Crippen LogP contribution is 2.73. The lowest BCUT2D eigenvalue weighted by atomic mass is 9.54. The summed E-state index contributed by atoms with van der Waals surface area (Å²) >= 11 is 0. The minimum atomic E-state index is -0.233. The number of carbonyl (C=O) groups excluding carboxylic acids is 1. The summed E-state index contributed by atoms with van der Waals surface area (Å²) in [4.78, 5) is 14.0. The van der Waals surface area contributed by atoms with E-state index in [1.807, 2.05) is 0 Å². The van der Waals surface area contributed by atoms with E-state index in [2.05, 4.69) is 55.4 Å². The molecule has 4 bridgehead atoms. The van der Waals surface area contributed by atoms with Gasteiger partial charge in [0.05, 0.1) is 0 Å². The molecule has 0 aliphatic heterocycles. The van der Waals surface area contributed by atoms with Crippen LogP contribution in [0.3, 0.4) is 0 Å². The molecule has 4 saturated carbocycles. The summed E-state index contributed by atoms with van der Waals surface area (Å²) in [5.41, 5.74) is 0.279. The van der Waals surface area contributed by atoms with Crippen LogP contribution < -0.4 is 0 Å². The van der Waals surface area contributed by atoms with Gasteiger partial charge in [-0.3, -0.25) is 4.79 Å². The van der Waals surface area contributed by atoms with Gasteiger partial charge in [0.15, 0.2) is 0 Å². The van der Waals surface area contributed by atoms with E-state index >= 15 is 0 Å². The Bertz CT molecular complexity index is 634. The van der Waals surface area contributed by atoms with Crippen molar-refractivity contribution in [1.82, 2.24) is 0 Å². The molecule has 0 saturated heterocycles. The normalized spacial score (nSPS) is 44.0. The summed E-state index contributed by atoms with van der Waals surface area (Å²) in [5, 5.41) is 0. The highest BCUT2D eigenvalue weighted by molar-refractivity contribution is 5.86. The summed E-state index contributed by atoms with van der Waals surface area (Å²) in [6.45, 7) is 18.5. The number of carbonyl (C=O) groups is 1. The van der Waals surface area contributed by atoms with Crippen LogP contribution in [-0.2, 0) is 4.79 Å². The fraction of sp³-hybridized carbons (Fsp3) is 0.963. The number of Topliss-reactive ketones (excluding diaryl/α,β-unsaturated/α-hetero) is 1. The summed E-state index contributed by atoms with van der Waals surface area (Å²) in [5.74, 6) is 6.46. The number of rotatable bonds is 5. The second-order valence-electron chi connectivity index (χ2n) is 13.9. The van der Waals surface area contributed by atoms with E-state index in [-0.39, 0.29) is 16.2 Å². The maximum Gasteiger partial charge on any atom is 0.139 e. The number of ketones is 1. The first-order valence-corrected chi connectivity index (χ1v) is 12.3. The van der Waals surface area contributed by atoms with Gasteiger partial charge in [-0.05, 0) is 96.7 Å². The Labute approximate surface area is 174 Å². The lowest BCUT2D eigenvalue weighted by Crippen LogP contribution is -2.47. The maximum atomic E-state index is 14.0. The average molecular weight is 387 g/mol. The molecule has 28 heavy (non-hydrogen) atoms. The maximum absolute atomic E-state index is 14.0. The third-order valence-corrected chi connectivity index (χ3v) is 10.4. The van der Waals surface area contributed by atoms with Gasteiger partial charge in [0.25, 0.3) is 0 Å². The smallest absolute Gasteiger partial charge is 0.139 e. The van der Waals surface area contributed by atoms with Crippen molar-refractivity contribution in [3.63, 3.8) is 0 Å². The third-order valence-electron chi connectivity index (χ3n) is 10.4. The number of hydrogen-bond acceptors (Lipinski definition) is 1. The molecule has 4 rings (SSSR count). The van der Waals surface area contributed by atoms with Gasteiger partial charge in [0, 0.05) is 11.8 Å². The minimum absolute atomic E-state index is 0.0128. The van der Waals surface area contributed by atoms with E-state index in [0.29, 0.717) is 11.2 Å². The molecule has 0 aromatic heterocycles. The Hall–Kier alpha value is -0.330. The second-order valence-corrected chi connectivity index (χ2v) is 13.9. The summed E-state index contributed by atoms with van der Waals surface area (Å²) in [6.07, 6.45) is 10.4. The molecular weight excluding hydrogens is 340 g/mol. The van der Waals surface area contributed by atoms with E-state index in [4.69, 9.17) is 0 Å². The zero-order valence-electron chi connectivity index (χ0n) is 20.0. The van der Waals surface area contributed by atoms with Crippen LogP contribution in [0.2, 0.25) is 0 Å². The first kappa shape index (κ1) is 20.9. The molecule has 8 unspecified atom stereocenters. The molecule has 0 aromatic rings. The van der Waals surface area contributed by atoms with Crippen LogP contribution in [0.4, 0.5) is 0 Å². The molecule has 160 valence electrons. The van der Waals surface area contributed by atoms with Crippen LogP contribution in [0, 0.1) is 57.2 Å². The van der Waals surface area contributed by atoms with E-state index in [1.54, 1.807) is 0 Å². The topological polar surface area (TPSA) is 17.1 Å². The van der Waals surface area contributed by atoms with Crippen molar-refractivity contribution in [2.24, 2.45) is 57.2 Å². The van der Waals surface area contributed by atoms with Gasteiger partial charge in [-0.2, -0.15) is 0 Å². The molecule has 4 aliphatic rings. The molecule has 0 radical (unpaired) electrons. The van der Waals surface area contributed by atoms with E-state index in [1.165, 1.54) is 38.5 Å². The van der Waals surface area contributed by atoms with E-state index in [0.717, 1.165) is 48.3 Å². The standard InChI is InChI=1S/C27H46O/c1-9-27(15-21(28)26(8,25(5,6)7)16-24(2,3)4)14-19-13-20(27)23-18-11-10-17(12-18)22(19)23/h17-20,22-23H,9-16H2,1-8H3. The molecule has 8 atom stereocenters. The molecule has 0 amide bonds. The minimum Gasteiger partial charge on any atom is -0.299 e. The molecule has 0 N–H and O–H groups in total. The lowest BCUT2D eigenvalue weighted by Gasteiger charge is -2.50. The average Bonchev–Trinajstić information content (AvgIpc) is 3.30. The Morgan fingerprint density at radius 1 is 0.893 bits per heavy atom. The molecule has 0 aromatic carbocycles. The highest BCUT2D eigenvalue weighted by atomic mass is 16.1. The number of hydrogen-bond donors (Lipinski definition) is 0.